The molecule has 2 rings (SSSR count). The van der Waals surface area contributed by atoms with Crippen LogP contribution in [0.1, 0.15) is 19.8 Å². The SMILES string of the molecule is CCCC1CN(CC2(CO)COC2)CCN1CCOC. The van der Waals surface area contributed by atoms with Crippen molar-refractivity contribution in [2.45, 2.75) is 25.8 Å². The Bertz CT molecular complexity index is 279. The molecule has 0 spiro atoms. The number of rotatable bonds is 8. The lowest BCUT2D eigenvalue weighted by atomic mass is 9.86. The summed E-state index contributed by atoms with van der Waals surface area (Å²) < 4.78 is 10.5. The molecule has 0 amide bonds. The number of methoxy groups -OCH3 is 1. The molecule has 0 aliphatic carbocycles. The maximum atomic E-state index is 9.57. The Morgan fingerprint density at radius 3 is 2.70 bits per heavy atom. The molecular weight excluding hydrogens is 256 g/mol. The Kier molecular flexibility index (Phi) is 6.23. The summed E-state index contributed by atoms with van der Waals surface area (Å²) in [5.74, 6) is 0. The summed E-state index contributed by atoms with van der Waals surface area (Å²) in [4.78, 5) is 5.08. The highest BCUT2D eigenvalue weighted by Gasteiger charge is 2.40. The lowest BCUT2D eigenvalue weighted by Gasteiger charge is -2.47. The Hall–Kier alpha value is -0.200. The van der Waals surface area contributed by atoms with Crippen LogP contribution in [-0.2, 0) is 9.47 Å². The van der Waals surface area contributed by atoms with Crippen molar-refractivity contribution < 1.29 is 14.6 Å². The summed E-state index contributed by atoms with van der Waals surface area (Å²) in [5, 5.41) is 9.57. The summed E-state index contributed by atoms with van der Waals surface area (Å²) in [5.41, 5.74) is 0.00542. The predicted octanol–water partition coefficient (Wildman–Crippen LogP) is 0.428. The van der Waals surface area contributed by atoms with Gasteiger partial charge in [0.05, 0.1) is 31.8 Å². The van der Waals surface area contributed by atoms with Gasteiger partial charge in [0.15, 0.2) is 0 Å². The molecule has 118 valence electrons. The first-order valence-corrected chi connectivity index (χ1v) is 7.87. The van der Waals surface area contributed by atoms with E-state index in [0.717, 1.165) is 39.3 Å². The smallest absolute Gasteiger partial charge is 0.0589 e. The van der Waals surface area contributed by atoms with Gasteiger partial charge in [-0.3, -0.25) is 9.80 Å². The lowest BCUT2D eigenvalue weighted by molar-refractivity contribution is -0.152. The van der Waals surface area contributed by atoms with Gasteiger partial charge in [-0.1, -0.05) is 13.3 Å². The molecule has 1 N–H and O–H groups in total. The summed E-state index contributed by atoms with van der Waals surface area (Å²) in [7, 11) is 1.77. The maximum Gasteiger partial charge on any atom is 0.0589 e. The van der Waals surface area contributed by atoms with Gasteiger partial charge in [-0.2, -0.15) is 0 Å². The maximum absolute atomic E-state index is 9.57. The highest BCUT2D eigenvalue weighted by molar-refractivity contribution is 4.91. The fourth-order valence-electron chi connectivity index (χ4n) is 3.31. The van der Waals surface area contributed by atoms with Crippen molar-refractivity contribution in [3.05, 3.63) is 0 Å². The second-order valence-electron chi connectivity index (χ2n) is 6.36. The molecule has 0 aromatic rings. The van der Waals surface area contributed by atoms with Gasteiger partial charge in [-0.25, -0.2) is 0 Å². The number of hydrogen-bond donors (Lipinski definition) is 1. The molecule has 0 radical (unpaired) electrons. The topological polar surface area (TPSA) is 45.2 Å². The van der Waals surface area contributed by atoms with Crippen molar-refractivity contribution >= 4 is 0 Å². The van der Waals surface area contributed by atoms with Crippen molar-refractivity contribution in [1.82, 2.24) is 9.80 Å². The summed E-state index contributed by atoms with van der Waals surface area (Å²) in [6.07, 6.45) is 2.46. The van der Waals surface area contributed by atoms with E-state index in [2.05, 4.69) is 16.7 Å². The fourth-order valence-corrected chi connectivity index (χ4v) is 3.31. The van der Waals surface area contributed by atoms with Crippen molar-refractivity contribution in [3.8, 4) is 0 Å². The minimum Gasteiger partial charge on any atom is -0.396 e. The normalized spacial score (nSPS) is 27.4. The zero-order valence-electron chi connectivity index (χ0n) is 13.0. The van der Waals surface area contributed by atoms with Gasteiger partial charge in [0.2, 0.25) is 0 Å². The van der Waals surface area contributed by atoms with E-state index in [-0.39, 0.29) is 12.0 Å². The zero-order valence-corrected chi connectivity index (χ0v) is 13.0. The number of piperazine rings is 1. The standard InChI is InChI=1S/C15H30N2O3/c1-3-4-14-9-16(5-6-17(14)7-8-19-2)10-15(11-18)12-20-13-15/h14,18H,3-13H2,1-2H3. The molecule has 0 bridgehead atoms. The Balaban J connectivity index is 1.85. The third-order valence-corrected chi connectivity index (χ3v) is 4.60. The number of hydrogen-bond acceptors (Lipinski definition) is 5. The molecule has 1 atom stereocenters. The third-order valence-electron chi connectivity index (χ3n) is 4.60. The molecule has 2 fully saturated rings. The van der Waals surface area contributed by atoms with Gasteiger partial charge < -0.3 is 14.6 Å². The van der Waals surface area contributed by atoms with E-state index in [9.17, 15) is 5.11 Å². The zero-order chi connectivity index (χ0) is 14.4. The van der Waals surface area contributed by atoms with Gasteiger partial charge in [0, 0.05) is 45.9 Å². The van der Waals surface area contributed by atoms with E-state index in [4.69, 9.17) is 9.47 Å². The van der Waals surface area contributed by atoms with E-state index < -0.39 is 0 Å². The van der Waals surface area contributed by atoms with Crippen LogP contribution in [0.4, 0.5) is 0 Å². The molecule has 2 heterocycles. The predicted molar refractivity (Wildman–Crippen MR) is 78.9 cm³/mol. The van der Waals surface area contributed by atoms with Crippen LogP contribution in [0.3, 0.4) is 0 Å². The van der Waals surface area contributed by atoms with Crippen LogP contribution in [0.25, 0.3) is 0 Å². The van der Waals surface area contributed by atoms with Gasteiger partial charge in [0.25, 0.3) is 0 Å². The second kappa shape index (κ2) is 7.71. The monoisotopic (exact) mass is 286 g/mol. The van der Waals surface area contributed by atoms with Gasteiger partial charge in [-0.15, -0.1) is 0 Å². The van der Waals surface area contributed by atoms with E-state index in [1.165, 1.54) is 12.8 Å². The molecule has 2 aliphatic heterocycles. The summed E-state index contributed by atoms with van der Waals surface area (Å²) in [6, 6.07) is 0.626. The first-order valence-electron chi connectivity index (χ1n) is 7.87. The summed E-state index contributed by atoms with van der Waals surface area (Å²) in [6.45, 7) is 10.1. The molecule has 0 aromatic heterocycles. The Morgan fingerprint density at radius 1 is 1.35 bits per heavy atom. The van der Waals surface area contributed by atoms with Crippen LogP contribution >= 0.6 is 0 Å². The highest BCUT2D eigenvalue weighted by atomic mass is 16.5. The minimum absolute atomic E-state index is 0.00542. The van der Waals surface area contributed by atoms with Crippen LogP contribution in [0.5, 0.6) is 0 Å². The van der Waals surface area contributed by atoms with Crippen molar-refractivity contribution in [3.63, 3.8) is 0 Å². The minimum atomic E-state index is 0.00542. The van der Waals surface area contributed by atoms with Crippen molar-refractivity contribution in [2.75, 3.05) is 66.3 Å². The molecule has 20 heavy (non-hydrogen) atoms. The first kappa shape index (κ1) is 16.2. The molecule has 2 saturated heterocycles. The van der Waals surface area contributed by atoms with Crippen molar-refractivity contribution in [2.24, 2.45) is 5.41 Å². The third kappa shape index (κ3) is 3.92. The number of nitrogens with zero attached hydrogens (tertiary/aromatic N) is 2. The van der Waals surface area contributed by atoms with Crippen LogP contribution < -0.4 is 0 Å². The quantitative estimate of drug-likeness (QED) is 0.701. The molecular formula is C15H30N2O3. The number of ether oxygens (including phenoxy) is 2. The van der Waals surface area contributed by atoms with Crippen LogP contribution in [0, 0.1) is 5.41 Å². The number of aliphatic hydroxyl groups excluding tert-OH is 1. The van der Waals surface area contributed by atoms with Crippen LogP contribution in [-0.4, -0.2) is 87.2 Å². The van der Waals surface area contributed by atoms with Gasteiger partial charge in [-0.05, 0) is 6.42 Å². The second-order valence-corrected chi connectivity index (χ2v) is 6.36. The molecule has 0 aromatic carbocycles. The van der Waals surface area contributed by atoms with Gasteiger partial charge >= 0.3 is 0 Å². The fraction of sp³-hybridized carbons (Fsp3) is 1.00. The van der Waals surface area contributed by atoms with Crippen molar-refractivity contribution in [1.29, 1.82) is 0 Å². The summed E-state index contributed by atoms with van der Waals surface area (Å²) >= 11 is 0. The van der Waals surface area contributed by atoms with E-state index in [1.807, 2.05) is 0 Å². The van der Waals surface area contributed by atoms with Crippen LogP contribution in [0.15, 0.2) is 0 Å². The Labute approximate surface area is 122 Å². The molecule has 0 saturated carbocycles. The highest BCUT2D eigenvalue weighted by Crippen LogP contribution is 2.29. The van der Waals surface area contributed by atoms with E-state index >= 15 is 0 Å². The number of aliphatic hydroxyl groups is 1. The van der Waals surface area contributed by atoms with Crippen LogP contribution in [0.2, 0.25) is 0 Å². The molecule has 1 unspecified atom stereocenters. The Morgan fingerprint density at radius 2 is 2.15 bits per heavy atom. The first-order chi connectivity index (χ1) is 9.73. The average molecular weight is 286 g/mol. The molecule has 2 aliphatic rings. The molecule has 5 nitrogen and oxygen atoms in total. The van der Waals surface area contributed by atoms with E-state index in [0.29, 0.717) is 19.3 Å². The van der Waals surface area contributed by atoms with E-state index in [1.54, 1.807) is 7.11 Å². The largest absolute Gasteiger partial charge is 0.396 e. The van der Waals surface area contributed by atoms with Gasteiger partial charge in [0.1, 0.15) is 0 Å². The lowest BCUT2D eigenvalue weighted by Crippen LogP contribution is -2.59. The average Bonchev–Trinajstić information content (AvgIpc) is 2.42. The molecule has 5 heteroatoms.